The molecule has 0 aromatic heterocycles. The van der Waals surface area contributed by atoms with Crippen LogP contribution in [0.4, 0.5) is 4.53 Å². The largest absolute Gasteiger partial charge is 0.507 e. The van der Waals surface area contributed by atoms with Crippen LogP contribution < -0.4 is 0 Å². The highest BCUT2D eigenvalue weighted by Crippen LogP contribution is 2.23. The van der Waals surface area contributed by atoms with Crippen molar-refractivity contribution in [1.82, 2.24) is 0 Å². The molecule has 6 heteroatoms. The molecule has 0 unspecified atom stereocenters. The van der Waals surface area contributed by atoms with Crippen LogP contribution in [0.2, 0.25) is 5.02 Å². The van der Waals surface area contributed by atoms with Crippen LogP contribution in [0.1, 0.15) is 122 Å². The molecule has 0 aliphatic rings. The van der Waals surface area contributed by atoms with E-state index in [1.54, 1.807) is 19.1 Å². The maximum atomic E-state index is 11.6. The quantitative estimate of drug-likeness (QED) is 0.116. The Morgan fingerprint density at radius 3 is 1.74 bits per heavy atom. The summed E-state index contributed by atoms with van der Waals surface area (Å²) in [5.74, 6) is -0.832. The van der Waals surface area contributed by atoms with Gasteiger partial charge in [-0.3, -0.25) is 0 Å². The van der Waals surface area contributed by atoms with Gasteiger partial charge in [0.2, 0.25) is 0 Å². The summed E-state index contributed by atoms with van der Waals surface area (Å²) in [6, 6.07) is 7.62. The molecule has 1 aromatic rings. The fourth-order valence-corrected chi connectivity index (χ4v) is 2.73. The second-order valence-electron chi connectivity index (χ2n) is 13.2. The lowest BCUT2D eigenvalue weighted by molar-refractivity contribution is -0.177. The van der Waals surface area contributed by atoms with Crippen molar-refractivity contribution in [3.8, 4) is 0 Å². The average Bonchev–Trinajstić information content (AvgIpc) is 2.98. The summed E-state index contributed by atoms with van der Waals surface area (Å²) in [4.78, 5) is 22.7. The van der Waals surface area contributed by atoms with E-state index in [0.29, 0.717) is 21.6 Å². The van der Waals surface area contributed by atoms with Crippen molar-refractivity contribution in [1.29, 1.82) is 0 Å². The topological polar surface area (TPSA) is 63.6 Å². The van der Waals surface area contributed by atoms with E-state index in [2.05, 4.69) is 86.5 Å². The van der Waals surface area contributed by atoms with Crippen LogP contribution >= 0.6 is 11.6 Å². The van der Waals surface area contributed by atoms with Crippen LogP contribution in [0.3, 0.4) is 0 Å². The summed E-state index contributed by atoms with van der Waals surface area (Å²) in [6.07, 6.45) is 15.0. The smallest absolute Gasteiger partial charge is 0.379 e. The van der Waals surface area contributed by atoms with Gasteiger partial charge >= 0.3 is 5.97 Å². The summed E-state index contributed by atoms with van der Waals surface area (Å²) < 4.78 is 11.6. The first kappa shape index (κ1) is 50.4. The first-order valence-corrected chi connectivity index (χ1v) is 16.4. The average molecular weight is 675 g/mol. The molecule has 0 saturated heterocycles. The van der Waals surface area contributed by atoms with Crippen molar-refractivity contribution in [2.24, 2.45) is 10.8 Å². The Balaban J connectivity index is -0.000000310. The van der Waals surface area contributed by atoms with Gasteiger partial charge in [0.1, 0.15) is 12.0 Å². The molecule has 0 saturated carbocycles. The van der Waals surface area contributed by atoms with E-state index < -0.39 is 5.97 Å². The van der Waals surface area contributed by atoms with E-state index >= 15 is 0 Å². The van der Waals surface area contributed by atoms with Crippen molar-refractivity contribution in [2.75, 3.05) is 0 Å². The molecule has 0 amide bonds. The van der Waals surface area contributed by atoms with Gasteiger partial charge in [0.05, 0.1) is 5.57 Å². The molecule has 0 aliphatic carbocycles. The van der Waals surface area contributed by atoms with Gasteiger partial charge in [0.15, 0.2) is 0 Å². The maximum absolute atomic E-state index is 11.6. The number of hydrogen-bond donors (Lipinski definition) is 1. The third-order valence-electron chi connectivity index (χ3n) is 5.69. The predicted octanol–water partition coefficient (Wildman–Crippen LogP) is 13.7. The minimum absolute atomic E-state index is 0.109. The van der Waals surface area contributed by atoms with Crippen LogP contribution in [0, 0.1) is 10.8 Å². The van der Waals surface area contributed by atoms with Crippen molar-refractivity contribution in [2.45, 2.75) is 116 Å². The fourth-order valence-electron chi connectivity index (χ4n) is 2.61. The molecule has 0 fully saturated rings. The number of rotatable bonds is 10. The summed E-state index contributed by atoms with van der Waals surface area (Å²) in [5.41, 5.74) is 5.14. The Labute approximate surface area is 292 Å². The van der Waals surface area contributed by atoms with Crippen molar-refractivity contribution in [3.05, 3.63) is 113 Å². The van der Waals surface area contributed by atoms with Gasteiger partial charge in [-0.1, -0.05) is 148 Å². The summed E-state index contributed by atoms with van der Waals surface area (Å²) >= 11 is 5.88. The van der Waals surface area contributed by atoms with Gasteiger partial charge in [-0.05, 0) is 86.8 Å². The molecule has 0 spiro atoms. The summed E-state index contributed by atoms with van der Waals surface area (Å²) in [6.45, 7) is 35.8. The number of aliphatic hydroxyl groups excluding tert-OH is 1. The van der Waals surface area contributed by atoms with Gasteiger partial charge in [0, 0.05) is 15.1 Å². The van der Waals surface area contributed by atoms with E-state index in [9.17, 15) is 14.4 Å². The third-order valence-corrected chi connectivity index (χ3v) is 5.94. The third kappa shape index (κ3) is 33.7. The van der Waals surface area contributed by atoms with Gasteiger partial charge in [0.25, 0.3) is 0 Å². The first-order valence-electron chi connectivity index (χ1n) is 16.0. The van der Waals surface area contributed by atoms with E-state index in [1.807, 2.05) is 57.2 Å². The Morgan fingerprint density at radius 2 is 1.40 bits per heavy atom. The minimum atomic E-state index is -1.01. The Bertz CT molecular complexity index is 1190. The standard InChI is InChI=1S/C20H25ClO.C10H13FO2.C5H12.C4H10.C2H4O/c1-6-20(4,5)14-13-16(3)19(22)12-7-15(2)17-8-10-18(21)11-9-17;1-5-9(10(12)13-11)8(4)6-7(2)3;1-5(2,3)4;1-3-4-2;1-2-3/h7-14,22H,3,6H2,1-2,4-5H3;5-6H,1H2,2-4H3;1-4H3;3-4H2,1-2H3;2H,1H3/b14-13+,15-7+,19-12+;9-8+;;;. The molecule has 1 rings (SSSR count). The molecule has 0 atom stereocenters. The van der Waals surface area contributed by atoms with Crippen molar-refractivity contribution >= 4 is 29.4 Å². The predicted molar refractivity (Wildman–Crippen MR) is 205 cm³/mol. The molecule has 0 heterocycles. The number of allylic oxidation sites excluding steroid dienone is 8. The Kier molecular flexibility index (Phi) is 30.8. The van der Waals surface area contributed by atoms with Crippen molar-refractivity contribution < 1.29 is 24.2 Å². The van der Waals surface area contributed by atoms with Crippen molar-refractivity contribution in [3.63, 3.8) is 0 Å². The normalized spacial score (nSPS) is 11.7. The molecule has 47 heavy (non-hydrogen) atoms. The second-order valence-corrected chi connectivity index (χ2v) is 13.7. The molecular weight excluding hydrogens is 611 g/mol. The first-order chi connectivity index (χ1) is 21.6. The maximum Gasteiger partial charge on any atom is 0.379 e. The Morgan fingerprint density at radius 1 is 0.957 bits per heavy atom. The van der Waals surface area contributed by atoms with Crippen LogP contribution in [0.15, 0.2) is 102 Å². The van der Waals surface area contributed by atoms with E-state index in [4.69, 9.17) is 16.4 Å². The second kappa shape index (κ2) is 28.8. The summed E-state index contributed by atoms with van der Waals surface area (Å²) in [5, 5.41) is 10.8. The highest BCUT2D eigenvalue weighted by molar-refractivity contribution is 6.30. The molecule has 0 bridgehead atoms. The number of aliphatic hydroxyl groups is 1. The molecule has 0 radical (unpaired) electrons. The molecule has 4 nitrogen and oxygen atoms in total. The number of carbonyl (C=O) groups is 2. The van der Waals surface area contributed by atoms with E-state index in [1.165, 1.54) is 25.8 Å². The molecular formula is C41H64ClFO4. The highest BCUT2D eigenvalue weighted by atomic mass is 35.5. The molecule has 1 N–H and O–H groups in total. The van der Waals surface area contributed by atoms with Crippen LogP contribution in [0.25, 0.3) is 5.57 Å². The number of aldehydes is 1. The number of halogens is 2. The van der Waals surface area contributed by atoms with Crippen LogP contribution in [-0.4, -0.2) is 17.4 Å². The fraction of sp³-hybridized carbons (Fsp3) is 0.463. The zero-order valence-electron chi connectivity index (χ0n) is 31.8. The Hall–Kier alpha value is -3.44. The van der Waals surface area contributed by atoms with E-state index in [-0.39, 0.29) is 16.7 Å². The van der Waals surface area contributed by atoms with E-state index in [0.717, 1.165) is 29.4 Å². The van der Waals surface area contributed by atoms with Gasteiger partial charge in [-0.15, -0.1) is 0 Å². The van der Waals surface area contributed by atoms with Gasteiger partial charge in [-0.25, -0.2) is 9.74 Å². The lowest BCUT2D eigenvalue weighted by atomic mass is 9.89. The number of benzene rings is 1. The monoisotopic (exact) mass is 674 g/mol. The van der Waals surface area contributed by atoms with Gasteiger partial charge in [-0.2, -0.15) is 0 Å². The summed E-state index contributed by atoms with van der Waals surface area (Å²) in [7, 11) is 0. The lowest BCUT2D eigenvalue weighted by Gasteiger charge is -2.16. The van der Waals surface area contributed by atoms with Crippen LogP contribution in [0.5, 0.6) is 0 Å². The number of carbonyl (C=O) groups excluding carboxylic acids is 2. The highest BCUT2D eigenvalue weighted by Gasteiger charge is 2.11. The number of unbranched alkanes of at least 4 members (excludes halogenated alkanes) is 1. The lowest BCUT2D eigenvalue weighted by Crippen LogP contribution is -2.04. The minimum Gasteiger partial charge on any atom is -0.507 e. The van der Waals surface area contributed by atoms with Gasteiger partial charge < -0.3 is 9.90 Å². The molecule has 1 aromatic carbocycles. The molecule has 266 valence electrons. The number of hydrogen-bond acceptors (Lipinski definition) is 4. The van der Waals surface area contributed by atoms with Crippen LogP contribution in [-0.2, 0) is 14.5 Å². The zero-order valence-corrected chi connectivity index (χ0v) is 32.6. The SMILES string of the molecule is C=C(/C=C/C(C)(C)CC)/C(O)=C\C=C(/C)c1ccc(Cl)cc1.C=C/C(C(=O)OF)=C(/C)C=C(C)C.CC(C)(C)C.CC=O.CCCC. The molecule has 0 aliphatic heterocycles. The zero-order chi connectivity index (χ0) is 37.8.